The molecule has 4 heterocycles. The first-order valence-corrected chi connectivity index (χ1v) is 20.1. The van der Waals surface area contributed by atoms with Gasteiger partial charge in [0.15, 0.2) is 5.58 Å². The average molecular weight is 745 g/mol. The zero-order chi connectivity index (χ0) is 39.6. The molecule has 0 atom stereocenters. The summed E-state index contributed by atoms with van der Waals surface area (Å²) in [5, 5.41) is 5.93. The molecule has 282 valence electrons. The highest BCUT2D eigenvalue weighted by molar-refractivity contribution is 6.19. The fourth-order valence-electron chi connectivity index (χ4n) is 8.62. The number of furan rings is 1. The standard InChI is InChI=1S/C52H48N4O/c1-50(2,3)32-27-39-46-48(57-47(39)40(28-32)51(4,5)6)45(53-49(54-46)52(7,8)9)31-18-17-21-34(26-31)56-42-25-16-14-23-36(42)38-29-43-37(30-44(38)56)35-22-13-15-24-41(35)55(43)33-19-11-10-12-20-33/h10-30H,1-9H3. The average Bonchev–Trinajstić information content (AvgIpc) is 3.83. The molecule has 0 radical (unpaired) electrons. The molecule has 0 aliphatic heterocycles. The zero-order valence-electron chi connectivity index (χ0n) is 34.3. The van der Waals surface area contributed by atoms with Gasteiger partial charge >= 0.3 is 0 Å². The van der Waals surface area contributed by atoms with Crippen LogP contribution in [0.4, 0.5) is 0 Å². The van der Waals surface area contributed by atoms with Crippen molar-refractivity contribution in [3.8, 4) is 22.6 Å². The van der Waals surface area contributed by atoms with Crippen molar-refractivity contribution in [2.75, 3.05) is 0 Å². The Morgan fingerprint density at radius 3 is 1.61 bits per heavy atom. The Labute approximate surface area is 333 Å². The minimum Gasteiger partial charge on any atom is -0.452 e. The first kappa shape index (κ1) is 35.2. The zero-order valence-corrected chi connectivity index (χ0v) is 34.3. The Balaban J connectivity index is 1.25. The molecular formula is C52H48N4O. The van der Waals surface area contributed by atoms with Gasteiger partial charge in [-0.25, -0.2) is 9.97 Å². The molecular weight excluding hydrogens is 697 g/mol. The lowest BCUT2D eigenvalue weighted by Crippen LogP contribution is -2.17. The van der Waals surface area contributed by atoms with E-state index < -0.39 is 0 Å². The van der Waals surface area contributed by atoms with Crippen LogP contribution in [0.3, 0.4) is 0 Å². The van der Waals surface area contributed by atoms with Crippen LogP contribution in [-0.2, 0) is 16.2 Å². The summed E-state index contributed by atoms with van der Waals surface area (Å²) in [5.41, 5.74) is 13.2. The summed E-state index contributed by atoms with van der Waals surface area (Å²) in [6.45, 7) is 20.2. The van der Waals surface area contributed by atoms with Gasteiger partial charge in [0.2, 0.25) is 0 Å². The highest BCUT2D eigenvalue weighted by atomic mass is 16.3. The first-order valence-electron chi connectivity index (χ1n) is 20.1. The second-order valence-corrected chi connectivity index (χ2v) is 18.8. The molecule has 4 aromatic heterocycles. The molecule has 5 heteroatoms. The first-order chi connectivity index (χ1) is 27.2. The predicted octanol–water partition coefficient (Wildman–Crippen LogP) is 14.1. The number of hydrogen-bond donors (Lipinski definition) is 0. The smallest absolute Gasteiger partial charge is 0.180 e. The van der Waals surface area contributed by atoms with Gasteiger partial charge in [0.25, 0.3) is 0 Å². The normalized spacial score (nSPS) is 13.0. The van der Waals surface area contributed by atoms with Crippen LogP contribution in [0, 0.1) is 0 Å². The highest BCUT2D eigenvalue weighted by Crippen LogP contribution is 2.44. The molecule has 6 aromatic carbocycles. The van der Waals surface area contributed by atoms with Gasteiger partial charge in [-0.1, -0.05) is 135 Å². The van der Waals surface area contributed by atoms with Crippen LogP contribution in [0.2, 0.25) is 0 Å². The van der Waals surface area contributed by atoms with Crippen molar-refractivity contribution in [3.05, 3.63) is 144 Å². The van der Waals surface area contributed by atoms with E-state index in [1.54, 1.807) is 0 Å². The van der Waals surface area contributed by atoms with E-state index in [-0.39, 0.29) is 16.2 Å². The molecule has 57 heavy (non-hydrogen) atoms. The van der Waals surface area contributed by atoms with E-state index in [0.29, 0.717) is 0 Å². The maximum Gasteiger partial charge on any atom is 0.180 e. The molecule has 0 saturated heterocycles. The molecule has 0 amide bonds. The van der Waals surface area contributed by atoms with Crippen molar-refractivity contribution in [1.29, 1.82) is 0 Å². The van der Waals surface area contributed by atoms with Gasteiger partial charge in [0.1, 0.15) is 22.6 Å². The van der Waals surface area contributed by atoms with Crippen molar-refractivity contribution < 1.29 is 4.42 Å². The van der Waals surface area contributed by atoms with Crippen molar-refractivity contribution in [3.63, 3.8) is 0 Å². The van der Waals surface area contributed by atoms with E-state index in [9.17, 15) is 0 Å². The van der Waals surface area contributed by atoms with Crippen molar-refractivity contribution in [2.45, 2.75) is 78.6 Å². The van der Waals surface area contributed by atoms with Crippen molar-refractivity contribution >= 4 is 65.7 Å². The number of fused-ring (bicyclic) bond motifs is 9. The van der Waals surface area contributed by atoms with Gasteiger partial charge in [0, 0.05) is 54.8 Å². The quantitative estimate of drug-likeness (QED) is 0.181. The topological polar surface area (TPSA) is 48.8 Å². The predicted molar refractivity (Wildman–Crippen MR) is 240 cm³/mol. The molecule has 0 saturated carbocycles. The maximum absolute atomic E-state index is 7.00. The molecule has 10 aromatic rings. The van der Waals surface area contributed by atoms with Crippen LogP contribution < -0.4 is 0 Å². The summed E-state index contributed by atoms with van der Waals surface area (Å²) < 4.78 is 11.8. The number of nitrogens with zero attached hydrogens (tertiary/aromatic N) is 4. The fraction of sp³-hybridized carbons (Fsp3) is 0.231. The van der Waals surface area contributed by atoms with E-state index in [4.69, 9.17) is 14.4 Å². The summed E-state index contributed by atoms with van der Waals surface area (Å²) in [6.07, 6.45) is 0. The van der Waals surface area contributed by atoms with E-state index in [1.807, 2.05) is 0 Å². The van der Waals surface area contributed by atoms with Crippen LogP contribution in [0.1, 0.15) is 79.3 Å². The number of para-hydroxylation sites is 3. The van der Waals surface area contributed by atoms with Crippen LogP contribution in [0.5, 0.6) is 0 Å². The van der Waals surface area contributed by atoms with Gasteiger partial charge in [-0.3, -0.25) is 0 Å². The Morgan fingerprint density at radius 2 is 1.02 bits per heavy atom. The number of hydrogen-bond acceptors (Lipinski definition) is 3. The van der Waals surface area contributed by atoms with E-state index in [0.717, 1.165) is 61.6 Å². The number of rotatable bonds is 3. The molecule has 0 aliphatic rings. The van der Waals surface area contributed by atoms with Gasteiger partial charge < -0.3 is 13.6 Å². The molecule has 5 nitrogen and oxygen atoms in total. The summed E-state index contributed by atoms with van der Waals surface area (Å²) in [5.74, 6) is 0.797. The lowest BCUT2D eigenvalue weighted by atomic mass is 9.79. The third kappa shape index (κ3) is 5.50. The second-order valence-electron chi connectivity index (χ2n) is 18.8. The van der Waals surface area contributed by atoms with E-state index in [2.05, 4.69) is 199 Å². The monoisotopic (exact) mass is 744 g/mol. The molecule has 0 fully saturated rings. The summed E-state index contributed by atoms with van der Waals surface area (Å²) in [7, 11) is 0. The van der Waals surface area contributed by atoms with Crippen LogP contribution in [0.15, 0.2) is 132 Å². The van der Waals surface area contributed by atoms with Gasteiger partial charge in [-0.05, 0) is 71.0 Å². The van der Waals surface area contributed by atoms with Crippen LogP contribution in [0.25, 0.3) is 88.3 Å². The van der Waals surface area contributed by atoms with Crippen LogP contribution in [-0.4, -0.2) is 19.1 Å². The lowest BCUT2D eigenvalue weighted by molar-refractivity contribution is 0.546. The summed E-state index contributed by atoms with van der Waals surface area (Å²) >= 11 is 0. The number of benzene rings is 6. The molecule has 0 spiro atoms. The minimum atomic E-state index is -0.282. The van der Waals surface area contributed by atoms with Crippen molar-refractivity contribution in [1.82, 2.24) is 19.1 Å². The Hall–Kier alpha value is -6.20. The van der Waals surface area contributed by atoms with Gasteiger partial charge in [-0.2, -0.15) is 0 Å². The minimum absolute atomic E-state index is 0.0425. The molecule has 0 bridgehead atoms. The second kappa shape index (κ2) is 12.1. The fourth-order valence-corrected chi connectivity index (χ4v) is 8.62. The van der Waals surface area contributed by atoms with E-state index >= 15 is 0 Å². The van der Waals surface area contributed by atoms with E-state index in [1.165, 1.54) is 43.7 Å². The van der Waals surface area contributed by atoms with Gasteiger partial charge in [-0.15, -0.1) is 0 Å². The summed E-state index contributed by atoms with van der Waals surface area (Å²) in [4.78, 5) is 10.6. The Kier molecular flexibility index (Phi) is 7.51. The van der Waals surface area contributed by atoms with Gasteiger partial charge in [0.05, 0.1) is 22.1 Å². The molecule has 10 rings (SSSR count). The largest absolute Gasteiger partial charge is 0.452 e. The third-order valence-electron chi connectivity index (χ3n) is 11.6. The third-order valence-corrected chi connectivity index (χ3v) is 11.6. The molecule has 0 unspecified atom stereocenters. The van der Waals surface area contributed by atoms with Crippen molar-refractivity contribution in [2.24, 2.45) is 0 Å². The lowest BCUT2D eigenvalue weighted by Gasteiger charge is -2.25. The highest BCUT2D eigenvalue weighted by Gasteiger charge is 2.29. The SMILES string of the molecule is CC(C)(C)c1cc(C(C)(C)C)c2oc3c(-c4cccc(-n5c6ccccc6c6cc7c(cc65)c5ccccc5n7-c5ccccc5)c4)nc(C(C)(C)C)nc3c2c1. The number of aromatic nitrogens is 4. The molecule has 0 aliphatic carbocycles. The Morgan fingerprint density at radius 1 is 0.439 bits per heavy atom. The summed E-state index contributed by atoms with van der Waals surface area (Å²) in [6, 6.07) is 46.4. The van der Waals surface area contributed by atoms with Crippen LogP contribution >= 0.6 is 0 Å². The molecule has 0 N–H and O–H groups in total. The maximum atomic E-state index is 7.00. The Bertz CT molecular complexity index is 3230.